The van der Waals surface area contributed by atoms with E-state index in [1.165, 1.54) is 110 Å². The maximum absolute atomic E-state index is 12.0. The fourth-order valence-electron chi connectivity index (χ4n) is 10.6. The lowest BCUT2D eigenvalue weighted by Crippen LogP contribution is -2.36. The van der Waals surface area contributed by atoms with E-state index in [4.69, 9.17) is 19.3 Å². The summed E-state index contributed by atoms with van der Waals surface area (Å²) in [5.74, 6) is 3.04. The van der Waals surface area contributed by atoms with Gasteiger partial charge in [-0.1, -0.05) is 75.9 Å². The molecule has 8 rings (SSSR count). The second-order valence-electron chi connectivity index (χ2n) is 19.0. The van der Waals surface area contributed by atoms with Crippen LogP contribution in [0.5, 0.6) is 11.5 Å². The van der Waals surface area contributed by atoms with Gasteiger partial charge in [0.05, 0.1) is 30.7 Å². The molecular weight excluding hydrogens is 773 g/mol. The van der Waals surface area contributed by atoms with Crippen molar-refractivity contribution in [2.75, 3.05) is 32.8 Å². The van der Waals surface area contributed by atoms with Crippen molar-refractivity contribution in [3.8, 4) is 11.5 Å². The number of ether oxygens (including phenoxy) is 3. The van der Waals surface area contributed by atoms with Crippen LogP contribution in [0.1, 0.15) is 135 Å². The van der Waals surface area contributed by atoms with E-state index in [1.807, 2.05) is 6.92 Å². The van der Waals surface area contributed by atoms with Crippen LogP contribution >= 0.6 is 0 Å². The molecule has 4 fully saturated rings. The summed E-state index contributed by atoms with van der Waals surface area (Å²) in [6, 6.07) is 26.4. The Labute approximate surface area is 371 Å². The molecule has 0 radical (unpaired) electrons. The normalized spacial score (nSPS) is 23.1. The van der Waals surface area contributed by atoms with Crippen LogP contribution in [0, 0.1) is 23.7 Å². The maximum Gasteiger partial charge on any atom is 0.309 e. The van der Waals surface area contributed by atoms with Gasteiger partial charge in [0.25, 0.3) is 0 Å². The first kappa shape index (κ1) is 45.9. The molecular formula is C54H74N2O6. The maximum atomic E-state index is 12.0. The van der Waals surface area contributed by atoms with E-state index in [-0.39, 0.29) is 17.8 Å². The molecule has 2 aliphatic heterocycles. The molecule has 1 N–H and O–H groups in total. The largest absolute Gasteiger partial charge is 0.490 e. The standard InChI is InChI=1S/C28H39NO3.C26H35NO3/c1-3-5-21-7-11-26(12-8-21)32-27-13-10-24-18-22(6-9-25(24)19-27)20-29-16-14-23(15-17-29)28(30)31-4-2;1-2-3-19-5-9-24(10-6-19)30-25-11-8-22-16-20(4-7-23(22)17-25)18-27-14-12-21(13-15-27)26(28)29/h6,9-10,13,18-19,21,23,26H,3-5,7-8,11-12,14-17,20H2,1-2H3;4,7-8,11,16-17,19,21,24H,2-3,5-6,9-10,12-15,18H2,1H3,(H,28,29). The highest BCUT2D eigenvalue weighted by molar-refractivity contribution is 5.85. The van der Waals surface area contributed by atoms with Gasteiger partial charge in [0, 0.05) is 13.1 Å². The first-order chi connectivity index (χ1) is 30.2. The molecule has 336 valence electrons. The number of carboxylic acid groups (broad SMARTS) is 1. The van der Waals surface area contributed by atoms with Crippen molar-refractivity contribution in [1.29, 1.82) is 0 Å². The SMILES string of the molecule is CCCC1CCC(Oc2ccc3cc(CN4CCC(C(=O)O)CC4)ccc3c2)CC1.CCCC1CCC(Oc2ccc3cc(CN4CCC(C(=O)OCC)CC4)ccc3c2)CC1. The van der Waals surface area contributed by atoms with Gasteiger partial charge >= 0.3 is 11.9 Å². The molecule has 2 heterocycles. The van der Waals surface area contributed by atoms with Crippen molar-refractivity contribution in [2.45, 2.75) is 149 Å². The van der Waals surface area contributed by atoms with Crippen molar-refractivity contribution < 1.29 is 28.9 Å². The number of hydrogen-bond donors (Lipinski definition) is 1. The van der Waals surface area contributed by atoms with Crippen LogP contribution in [0.4, 0.5) is 0 Å². The molecule has 4 aromatic carbocycles. The highest BCUT2D eigenvalue weighted by atomic mass is 16.5. The van der Waals surface area contributed by atoms with E-state index < -0.39 is 5.97 Å². The molecule has 0 spiro atoms. The van der Waals surface area contributed by atoms with Gasteiger partial charge in [-0.3, -0.25) is 19.4 Å². The Morgan fingerprint density at radius 3 is 1.34 bits per heavy atom. The highest BCUT2D eigenvalue weighted by Gasteiger charge is 2.27. The summed E-state index contributed by atoms with van der Waals surface area (Å²) in [4.78, 5) is 27.9. The Kier molecular flexibility index (Phi) is 17.0. The Balaban J connectivity index is 0.000000187. The second kappa shape index (κ2) is 23.0. The lowest BCUT2D eigenvalue weighted by molar-refractivity contribution is -0.149. The predicted octanol–water partition coefficient (Wildman–Crippen LogP) is 12.2. The van der Waals surface area contributed by atoms with Gasteiger partial charge in [-0.25, -0.2) is 0 Å². The number of hydrogen-bond acceptors (Lipinski definition) is 7. The monoisotopic (exact) mass is 847 g/mol. The third-order valence-electron chi connectivity index (χ3n) is 14.3. The second-order valence-corrected chi connectivity index (χ2v) is 19.0. The molecule has 0 unspecified atom stereocenters. The molecule has 62 heavy (non-hydrogen) atoms. The third-order valence-corrected chi connectivity index (χ3v) is 14.3. The average molecular weight is 847 g/mol. The number of nitrogens with zero attached hydrogens (tertiary/aromatic N) is 2. The Morgan fingerprint density at radius 2 is 0.935 bits per heavy atom. The van der Waals surface area contributed by atoms with Crippen molar-refractivity contribution >= 4 is 33.5 Å². The van der Waals surface area contributed by atoms with Gasteiger partial charge in [-0.05, 0) is 191 Å². The zero-order chi connectivity index (χ0) is 43.3. The van der Waals surface area contributed by atoms with Crippen LogP contribution in [0.2, 0.25) is 0 Å². The lowest BCUT2D eigenvalue weighted by Gasteiger charge is -2.30. The number of piperidine rings is 2. The summed E-state index contributed by atoms with van der Waals surface area (Å²) in [7, 11) is 0. The summed E-state index contributed by atoms with van der Waals surface area (Å²) in [6.45, 7) is 12.4. The summed E-state index contributed by atoms with van der Waals surface area (Å²) < 4.78 is 17.8. The fraction of sp³-hybridized carbons (Fsp3) is 0.593. The van der Waals surface area contributed by atoms with E-state index in [9.17, 15) is 9.59 Å². The molecule has 2 saturated heterocycles. The summed E-state index contributed by atoms with van der Waals surface area (Å²) in [5.41, 5.74) is 2.62. The van der Waals surface area contributed by atoms with Crippen molar-refractivity contribution in [3.05, 3.63) is 83.9 Å². The van der Waals surface area contributed by atoms with Gasteiger partial charge in [0.2, 0.25) is 0 Å². The third kappa shape index (κ3) is 13.2. The smallest absolute Gasteiger partial charge is 0.309 e. The molecule has 2 saturated carbocycles. The molecule has 8 nitrogen and oxygen atoms in total. The first-order valence-electron chi connectivity index (χ1n) is 24.5. The number of carbonyl (C=O) groups is 2. The Morgan fingerprint density at radius 1 is 0.532 bits per heavy atom. The Bertz CT molecular complexity index is 2020. The molecule has 0 aromatic heterocycles. The van der Waals surface area contributed by atoms with Crippen molar-refractivity contribution in [2.24, 2.45) is 23.7 Å². The number of aliphatic carboxylic acids is 1. The number of carboxylic acids is 1. The predicted molar refractivity (Wildman–Crippen MR) is 251 cm³/mol. The van der Waals surface area contributed by atoms with Crippen LogP contribution in [0.15, 0.2) is 72.8 Å². The molecule has 0 amide bonds. The van der Waals surface area contributed by atoms with E-state index >= 15 is 0 Å². The number of carbonyl (C=O) groups excluding carboxylic acids is 1. The fourth-order valence-corrected chi connectivity index (χ4v) is 10.6. The van der Waals surface area contributed by atoms with Crippen LogP contribution in [-0.4, -0.2) is 71.8 Å². The highest BCUT2D eigenvalue weighted by Crippen LogP contribution is 2.34. The van der Waals surface area contributed by atoms with Crippen molar-refractivity contribution in [1.82, 2.24) is 9.80 Å². The zero-order valence-corrected chi connectivity index (χ0v) is 38.0. The minimum absolute atomic E-state index is 0.0233. The van der Waals surface area contributed by atoms with Gasteiger partial charge in [-0.2, -0.15) is 0 Å². The van der Waals surface area contributed by atoms with Gasteiger partial charge in [0.15, 0.2) is 0 Å². The van der Waals surface area contributed by atoms with Gasteiger partial charge in [-0.15, -0.1) is 0 Å². The summed E-state index contributed by atoms with van der Waals surface area (Å²) in [6.07, 6.45) is 19.3. The lowest BCUT2D eigenvalue weighted by atomic mass is 9.85. The number of benzene rings is 4. The average Bonchev–Trinajstić information content (AvgIpc) is 3.29. The van der Waals surface area contributed by atoms with E-state index in [0.717, 1.165) is 88.3 Å². The molecule has 8 heteroatoms. The Hall–Kier alpha value is -4.14. The first-order valence-corrected chi connectivity index (χ1v) is 24.5. The molecule has 2 aliphatic carbocycles. The minimum Gasteiger partial charge on any atom is -0.490 e. The van der Waals surface area contributed by atoms with E-state index in [2.05, 4.69) is 96.4 Å². The zero-order valence-electron chi connectivity index (χ0n) is 38.0. The molecule has 4 aliphatic rings. The molecule has 0 atom stereocenters. The number of rotatable bonds is 15. The summed E-state index contributed by atoms with van der Waals surface area (Å²) in [5, 5.41) is 14.1. The van der Waals surface area contributed by atoms with Crippen LogP contribution in [-0.2, 0) is 27.4 Å². The van der Waals surface area contributed by atoms with Crippen LogP contribution in [0.25, 0.3) is 21.5 Å². The number of likely N-dealkylation sites (tertiary alicyclic amines) is 2. The van der Waals surface area contributed by atoms with Crippen molar-refractivity contribution in [3.63, 3.8) is 0 Å². The molecule has 0 bridgehead atoms. The number of fused-ring (bicyclic) bond motifs is 2. The minimum atomic E-state index is -0.646. The van der Waals surface area contributed by atoms with E-state index in [1.54, 1.807) is 0 Å². The van der Waals surface area contributed by atoms with Gasteiger partial charge < -0.3 is 19.3 Å². The summed E-state index contributed by atoms with van der Waals surface area (Å²) >= 11 is 0. The number of esters is 1. The van der Waals surface area contributed by atoms with Gasteiger partial charge in [0.1, 0.15) is 11.5 Å². The van der Waals surface area contributed by atoms with E-state index in [0.29, 0.717) is 18.8 Å². The molecule has 4 aromatic rings. The topological polar surface area (TPSA) is 88.5 Å². The van der Waals surface area contributed by atoms with Crippen LogP contribution in [0.3, 0.4) is 0 Å². The van der Waals surface area contributed by atoms with Crippen LogP contribution < -0.4 is 9.47 Å². The quantitative estimate of drug-likeness (QED) is 0.118.